The predicted molar refractivity (Wildman–Crippen MR) is 121 cm³/mol. The zero-order valence-corrected chi connectivity index (χ0v) is 19.1. The highest BCUT2D eigenvalue weighted by Crippen LogP contribution is 2.31. The van der Waals surface area contributed by atoms with Crippen LogP contribution in [0.1, 0.15) is 46.2 Å². The van der Waals surface area contributed by atoms with Gasteiger partial charge in [-0.25, -0.2) is 4.98 Å². The molecule has 0 saturated carbocycles. The van der Waals surface area contributed by atoms with Gasteiger partial charge in [0.1, 0.15) is 18.2 Å². The van der Waals surface area contributed by atoms with Gasteiger partial charge in [0.25, 0.3) is 5.91 Å². The third kappa shape index (κ3) is 6.00. The zero-order chi connectivity index (χ0) is 25.0. The zero-order valence-electron chi connectivity index (χ0n) is 19.1. The van der Waals surface area contributed by atoms with Gasteiger partial charge in [0.2, 0.25) is 5.91 Å². The van der Waals surface area contributed by atoms with Crippen LogP contribution >= 0.6 is 0 Å². The number of halogens is 3. The van der Waals surface area contributed by atoms with Crippen LogP contribution in [0.3, 0.4) is 0 Å². The van der Waals surface area contributed by atoms with Crippen molar-refractivity contribution in [3.05, 3.63) is 83.4 Å². The van der Waals surface area contributed by atoms with Crippen LogP contribution in [0, 0.1) is 0 Å². The van der Waals surface area contributed by atoms with Gasteiger partial charge in [-0.1, -0.05) is 12.1 Å². The molecule has 1 aliphatic rings. The molecule has 7 nitrogen and oxygen atoms in total. The van der Waals surface area contributed by atoms with Crippen molar-refractivity contribution in [2.45, 2.75) is 31.7 Å². The molecule has 1 aliphatic heterocycles. The summed E-state index contributed by atoms with van der Waals surface area (Å²) in [6.45, 7) is 0.861. The first kappa shape index (κ1) is 24.3. The summed E-state index contributed by atoms with van der Waals surface area (Å²) in [5.74, 6) is 0.744. The highest BCUT2D eigenvalue weighted by molar-refractivity contribution is 5.94. The van der Waals surface area contributed by atoms with Gasteiger partial charge in [-0.05, 0) is 48.4 Å². The Morgan fingerprint density at radius 2 is 1.97 bits per heavy atom. The number of amides is 2. The normalized spacial score (nSPS) is 14.7. The van der Waals surface area contributed by atoms with E-state index in [0.29, 0.717) is 30.7 Å². The SMILES string of the molecule is Cn1ccnc1COc1ccc(C(=O)NC(CN2CCCC2=O)c2cccc(C(F)(F)F)c2)cc1. The van der Waals surface area contributed by atoms with Crippen molar-refractivity contribution in [2.75, 3.05) is 13.1 Å². The molecule has 1 atom stereocenters. The third-order valence-electron chi connectivity index (χ3n) is 5.90. The van der Waals surface area contributed by atoms with Crippen molar-refractivity contribution >= 4 is 11.8 Å². The standard InChI is InChI=1S/C25H25F3N4O3/c1-31-13-11-29-22(31)16-35-20-9-7-17(8-10-20)24(34)30-21(15-32-12-3-6-23(32)33)18-4-2-5-19(14-18)25(26,27)28/h2,4-5,7-11,13-14,21H,3,6,12,15-16H2,1H3,(H,30,34). The van der Waals surface area contributed by atoms with Crippen molar-refractivity contribution in [1.29, 1.82) is 0 Å². The monoisotopic (exact) mass is 486 g/mol. The van der Waals surface area contributed by atoms with E-state index in [1.807, 2.05) is 17.8 Å². The largest absolute Gasteiger partial charge is 0.486 e. The Balaban J connectivity index is 1.48. The molecule has 2 amide bonds. The summed E-state index contributed by atoms with van der Waals surface area (Å²) < 4.78 is 47.3. The summed E-state index contributed by atoms with van der Waals surface area (Å²) in [5.41, 5.74) is -0.210. The van der Waals surface area contributed by atoms with Crippen LogP contribution in [0.25, 0.3) is 0 Å². The maximum atomic E-state index is 13.3. The van der Waals surface area contributed by atoms with Crippen molar-refractivity contribution < 1.29 is 27.5 Å². The number of hydrogen-bond acceptors (Lipinski definition) is 4. The van der Waals surface area contributed by atoms with Gasteiger partial charge in [-0.3, -0.25) is 9.59 Å². The van der Waals surface area contributed by atoms with Crippen LogP contribution < -0.4 is 10.1 Å². The number of hydrogen-bond donors (Lipinski definition) is 1. The van der Waals surface area contributed by atoms with E-state index < -0.39 is 23.7 Å². The Labute approximate surface area is 200 Å². The number of nitrogens with zero attached hydrogens (tertiary/aromatic N) is 3. The molecule has 2 aromatic carbocycles. The summed E-state index contributed by atoms with van der Waals surface area (Å²) in [7, 11) is 1.86. The van der Waals surface area contributed by atoms with Crippen LogP contribution in [0.5, 0.6) is 5.75 Å². The van der Waals surface area contributed by atoms with Gasteiger partial charge in [-0.15, -0.1) is 0 Å². The molecule has 2 heterocycles. The van der Waals surface area contributed by atoms with Crippen LogP contribution in [0.15, 0.2) is 60.9 Å². The number of likely N-dealkylation sites (tertiary alicyclic amines) is 1. The Morgan fingerprint density at radius 1 is 1.20 bits per heavy atom. The molecule has 1 saturated heterocycles. The van der Waals surface area contributed by atoms with E-state index >= 15 is 0 Å². The molecule has 1 N–H and O–H groups in total. The lowest BCUT2D eigenvalue weighted by atomic mass is 10.0. The van der Waals surface area contributed by atoms with E-state index in [1.54, 1.807) is 35.4 Å². The molecular weight excluding hydrogens is 461 g/mol. The first-order valence-electron chi connectivity index (χ1n) is 11.2. The minimum absolute atomic E-state index is 0.0783. The molecule has 0 radical (unpaired) electrons. The number of aromatic nitrogens is 2. The number of nitrogens with one attached hydrogen (secondary N) is 1. The second-order valence-electron chi connectivity index (χ2n) is 8.36. The smallest absolute Gasteiger partial charge is 0.416 e. The summed E-state index contributed by atoms with van der Waals surface area (Å²) in [6, 6.07) is 10.5. The Hall–Kier alpha value is -3.82. The van der Waals surface area contributed by atoms with Gasteiger partial charge >= 0.3 is 6.18 Å². The maximum absolute atomic E-state index is 13.3. The summed E-state index contributed by atoms with van der Waals surface area (Å²) in [5, 5.41) is 2.80. The quantitative estimate of drug-likeness (QED) is 0.520. The minimum atomic E-state index is -4.52. The fourth-order valence-corrected chi connectivity index (χ4v) is 3.91. The first-order valence-corrected chi connectivity index (χ1v) is 11.2. The van der Waals surface area contributed by atoms with Crippen molar-refractivity contribution in [2.24, 2.45) is 7.05 Å². The van der Waals surface area contributed by atoms with Crippen LogP contribution in [-0.4, -0.2) is 39.4 Å². The lowest BCUT2D eigenvalue weighted by Gasteiger charge is -2.26. The molecule has 0 spiro atoms. The third-order valence-corrected chi connectivity index (χ3v) is 5.90. The predicted octanol–water partition coefficient (Wildman–Crippen LogP) is 4.11. The van der Waals surface area contributed by atoms with E-state index in [0.717, 1.165) is 18.0 Å². The van der Waals surface area contributed by atoms with E-state index in [4.69, 9.17) is 4.74 Å². The van der Waals surface area contributed by atoms with Crippen LogP contribution in [0.4, 0.5) is 13.2 Å². The molecule has 0 bridgehead atoms. The van der Waals surface area contributed by atoms with Crippen LogP contribution in [0.2, 0.25) is 0 Å². The molecule has 184 valence electrons. The number of carbonyl (C=O) groups is 2. The summed E-state index contributed by atoms with van der Waals surface area (Å²) in [4.78, 5) is 30.9. The van der Waals surface area contributed by atoms with Gasteiger partial charge in [-0.2, -0.15) is 13.2 Å². The topological polar surface area (TPSA) is 76.5 Å². The highest BCUT2D eigenvalue weighted by Gasteiger charge is 2.32. The number of benzene rings is 2. The number of carbonyl (C=O) groups excluding carboxylic acids is 2. The Morgan fingerprint density at radius 3 is 2.60 bits per heavy atom. The molecule has 0 aliphatic carbocycles. The molecule has 35 heavy (non-hydrogen) atoms. The number of ether oxygens (including phenoxy) is 1. The lowest BCUT2D eigenvalue weighted by molar-refractivity contribution is -0.137. The van der Waals surface area contributed by atoms with Gasteiger partial charge in [0.15, 0.2) is 0 Å². The Bertz CT molecular complexity index is 1190. The summed E-state index contributed by atoms with van der Waals surface area (Å²) >= 11 is 0. The second-order valence-corrected chi connectivity index (χ2v) is 8.36. The fourth-order valence-electron chi connectivity index (χ4n) is 3.91. The molecule has 10 heteroatoms. The minimum Gasteiger partial charge on any atom is -0.486 e. The Kier molecular flexibility index (Phi) is 7.09. The van der Waals surface area contributed by atoms with E-state index in [-0.39, 0.29) is 24.6 Å². The van der Waals surface area contributed by atoms with E-state index in [9.17, 15) is 22.8 Å². The number of rotatable bonds is 8. The number of alkyl halides is 3. The second kappa shape index (κ2) is 10.2. The van der Waals surface area contributed by atoms with E-state index in [2.05, 4.69) is 10.3 Å². The molecule has 1 aromatic heterocycles. The lowest BCUT2D eigenvalue weighted by Crippen LogP contribution is -2.38. The average molecular weight is 486 g/mol. The molecule has 4 rings (SSSR count). The number of aryl methyl sites for hydroxylation is 1. The van der Waals surface area contributed by atoms with Gasteiger partial charge in [0.05, 0.1) is 11.6 Å². The highest BCUT2D eigenvalue weighted by atomic mass is 19.4. The number of imidazole rings is 1. The molecule has 1 unspecified atom stereocenters. The fraction of sp³-hybridized carbons (Fsp3) is 0.320. The van der Waals surface area contributed by atoms with Crippen molar-refractivity contribution in [3.63, 3.8) is 0 Å². The molecule has 1 fully saturated rings. The van der Waals surface area contributed by atoms with Gasteiger partial charge < -0.3 is 19.5 Å². The summed E-state index contributed by atoms with van der Waals surface area (Å²) in [6.07, 6.45) is 0.0367. The van der Waals surface area contributed by atoms with Crippen LogP contribution in [-0.2, 0) is 24.6 Å². The first-order chi connectivity index (χ1) is 16.7. The van der Waals surface area contributed by atoms with Crippen molar-refractivity contribution in [3.8, 4) is 5.75 Å². The van der Waals surface area contributed by atoms with E-state index in [1.165, 1.54) is 12.1 Å². The van der Waals surface area contributed by atoms with Gasteiger partial charge in [0, 0.05) is 44.5 Å². The molecular formula is C25H25F3N4O3. The molecule has 3 aromatic rings. The maximum Gasteiger partial charge on any atom is 0.416 e. The van der Waals surface area contributed by atoms with Crippen molar-refractivity contribution in [1.82, 2.24) is 19.8 Å². The average Bonchev–Trinajstić information content (AvgIpc) is 3.44.